The zero-order chi connectivity index (χ0) is 13.5. The lowest BCUT2D eigenvalue weighted by Crippen LogP contribution is -2.26. The highest BCUT2D eigenvalue weighted by atomic mass is 15.1. The van der Waals surface area contributed by atoms with E-state index >= 15 is 0 Å². The second-order valence-corrected chi connectivity index (χ2v) is 5.99. The van der Waals surface area contributed by atoms with E-state index in [-0.39, 0.29) is 0 Å². The minimum atomic E-state index is 0.547. The van der Waals surface area contributed by atoms with Gasteiger partial charge in [0.25, 0.3) is 0 Å². The van der Waals surface area contributed by atoms with Crippen LogP contribution in [0, 0.1) is 0 Å². The Morgan fingerprint density at radius 1 is 1.00 bits per heavy atom. The third-order valence-electron chi connectivity index (χ3n) is 3.91. The largest absolute Gasteiger partial charge is 0.310 e. The van der Waals surface area contributed by atoms with Gasteiger partial charge in [0, 0.05) is 19.1 Å². The maximum atomic E-state index is 3.53. The molecule has 1 heterocycles. The molecule has 0 bridgehead atoms. The van der Waals surface area contributed by atoms with E-state index in [2.05, 4.69) is 48.3 Å². The third-order valence-corrected chi connectivity index (χ3v) is 3.91. The van der Waals surface area contributed by atoms with Crippen LogP contribution in [0.15, 0.2) is 24.3 Å². The second-order valence-electron chi connectivity index (χ2n) is 5.99. The minimum Gasteiger partial charge on any atom is -0.310 e. The fraction of sp³-hybridized carbons (Fsp3) is 0.647. The first-order chi connectivity index (χ1) is 9.25. The van der Waals surface area contributed by atoms with Gasteiger partial charge in [-0.1, -0.05) is 51.0 Å². The molecule has 2 heteroatoms. The summed E-state index contributed by atoms with van der Waals surface area (Å²) in [5, 5.41) is 3.53. The van der Waals surface area contributed by atoms with Crippen LogP contribution in [-0.4, -0.2) is 24.0 Å². The van der Waals surface area contributed by atoms with E-state index in [1.54, 1.807) is 0 Å². The number of benzene rings is 1. The van der Waals surface area contributed by atoms with Crippen LogP contribution in [-0.2, 0) is 13.1 Å². The van der Waals surface area contributed by atoms with E-state index in [1.807, 2.05) is 0 Å². The molecule has 1 aromatic carbocycles. The van der Waals surface area contributed by atoms with E-state index in [1.165, 1.54) is 49.9 Å². The molecule has 1 fully saturated rings. The lowest BCUT2D eigenvalue weighted by Gasteiger charge is -2.22. The summed E-state index contributed by atoms with van der Waals surface area (Å²) in [5.41, 5.74) is 2.96. The predicted molar refractivity (Wildman–Crippen MR) is 82.2 cm³/mol. The molecule has 2 nitrogen and oxygen atoms in total. The van der Waals surface area contributed by atoms with Gasteiger partial charge in [0.2, 0.25) is 0 Å². The van der Waals surface area contributed by atoms with E-state index in [4.69, 9.17) is 0 Å². The molecule has 1 N–H and O–H groups in total. The summed E-state index contributed by atoms with van der Waals surface area (Å²) in [6.07, 6.45) is 5.55. The van der Waals surface area contributed by atoms with Crippen molar-refractivity contribution in [1.29, 1.82) is 0 Å². The molecule has 2 rings (SSSR count). The molecule has 0 radical (unpaired) electrons. The van der Waals surface area contributed by atoms with Crippen LogP contribution < -0.4 is 5.32 Å². The van der Waals surface area contributed by atoms with Gasteiger partial charge in [-0.3, -0.25) is 4.90 Å². The molecule has 0 spiro atoms. The molecule has 1 aliphatic heterocycles. The summed E-state index contributed by atoms with van der Waals surface area (Å²) in [6.45, 7) is 9.06. The van der Waals surface area contributed by atoms with Gasteiger partial charge < -0.3 is 5.32 Å². The molecule has 0 aromatic heterocycles. The number of nitrogens with zero attached hydrogens (tertiary/aromatic N) is 1. The summed E-state index contributed by atoms with van der Waals surface area (Å²) >= 11 is 0. The van der Waals surface area contributed by atoms with Crippen molar-refractivity contribution in [1.82, 2.24) is 10.2 Å². The predicted octanol–water partition coefficient (Wildman–Crippen LogP) is 3.56. The third kappa shape index (κ3) is 4.96. The quantitative estimate of drug-likeness (QED) is 0.871. The second kappa shape index (κ2) is 7.66. The maximum Gasteiger partial charge on any atom is 0.0236 e. The Labute approximate surface area is 118 Å². The van der Waals surface area contributed by atoms with Crippen LogP contribution in [0.5, 0.6) is 0 Å². The fourth-order valence-corrected chi connectivity index (χ4v) is 2.73. The Balaban J connectivity index is 1.97. The summed E-state index contributed by atoms with van der Waals surface area (Å²) in [5.74, 6) is 0. The van der Waals surface area contributed by atoms with Crippen molar-refractivity contribution in [2.75, 3.05) is 13.1 Å². The Bertz CT molecular complexity index is 365. The molecule has 0 aliphatic carbocycles. The average molecular weight is 260 g/mol. The van der Waals surface area contributed by atoms with Crippen LogP contribution in [0.1, 0.15) is 50.7 Å². The van der Waals surface area contributed by atoms with Crippen LogP contribution >= 0.6 is 0 Å². The highest BCUT2D eigenvalue weighted by Gasteiger charge is 2.11. The van der Waals surface area contributed by atoms with E-state index in [9.17, 15) is 0 Å². The smallest absolute Gasteiger partial charge is 0.0236 e. The average Bonchev–Trinajstić information content (AvgIpc) is 2.66. The standard InChI is InChI=1S/C17H28N2/c1-15(2)18-13-16-9-5-6-10-17(16)14-19-11-7-3-4-8-12-19/h5-6,9-10,15,18H,3-4,7-8,11-14H2,1-2H3. The monoisotopic (exact) mass is 260 g/mol. The molecule has 106 valence electrons. The molecule has 1 aromatic rings. The Morgan fingerprint density at radius 2 is 1.63 bits per heavy atom. The molecule has 0 amide bonds. The number of hydrogen-bond donors (Lipinski definition) is 1. The van der Waals surface area contributed by atoms with Crippen LogP contribution in [0.25, 0.3) is 0 Å². The molecule has 19 heavy (non-hydrogen) atoms. The van der Waals surface area contributed by atoms with Crippen LogP contribution in [0.2, 0.25) is 0 Å². The van der Waals surface area contributed by atoms with Gasteiger partial charge in [0.1, 0.15) is 0 Å². The highest BCUT2D eigenvalue weighted by Crippen LogP contribution is 2.16. The highest BCUT2D eigenvalue weighted by molar-refractivity contribution is 5.27. The van der Waals surface area contributed by atoms with E-state index in [0.717, 1.165) is 13.1 Å². The topological polar surface area (TPSA) is 15.3 Å². The first kappa shape index (κ1) is 14.5. The SMILES string of the molecule is CC(C)NCc1ccccc1CN1CCCCCC1. The fourth-order valence-electron chi connectivity index (χ4n) is 2.73. The van der Waals surface area contributed by atoms with Gasteiger partial charge in [0.15, 0.2) is 0 Å². The van der Waals surface area contributed by atoms with Gasteiger partial charge in [-0.25, -0.2) is 0 Å². The molecule has 1 aliphatic rings. The molecule has 1 saturated heterocycles. The van der Waals surface area contributed by atoms with Crippen molar-refractivity contribution in [2.24, 2.45) is 0 Å². The Hall–Kier alpha value is -0.860. The van der Waals surface area contributed by atoms with Crippen molar-refractivity contribution in [2.45, 2.75) is 58.7 Å². The Kier molecular flexibility index (Phi) is 5.87. The summed E-state index contributed by atoms with van der Waals surface area (Å²) in [4.78, 5) is 2.63. The zero-order valence-corrected chi connectivity index (χ0v) is 12.5. The first-order valence-electron chi connectivity index (χ1n) is 7.78. The lowest BCUT2D eigenvalue weighted by molar-refractivity contribution is 0.276. The number of likely N-dealkylation sites (tertiary alicyclic amines) is 1. The van der Waals surface area contributed by atoms with Crippen LogP contribution in [0.4, 0.5) is 0 Å². The molecular formula is C17H28N2. The molecule has 0 saturated carbocycles. The Morgan fingerprint density at radius 3 is 2.26 bits per heavy atom. The van der Waals surface area contributed by atoms with E-state index < -0.39 is 0 Å². The van der Waals surface area contributed by atoms with Crippen molar-refractivity contribution in [3.05, 3.63) is 35.4 Å². The van der Waals surface area contributed by atoms with Crippen LogP contribution in [0.3, 0.4) is 0 Å². The van der Waals surface area contributed by atoms with Crippen molar-refractivity contribution >= 4 is 0 Å². The van der Waals surface area contributed by atoms with Crippen molar-refractivity contribution in [3.63, 3.8) is 0 Å². The normalized spacial score (nSPS) is 17.6. The summed E-state index contributed by atoms with van der Waals surface area (Å²) in [7, 11) is 0. The van der Waals surface area contributed by atoms with Crippen molar-refractivity contribution in [3.8, 4) is 0 Å². The lowest BCUT2D eigenvalue weighted by atomic mass is 10.1. The summed E-state index contributed by atoms with van der Waals surface area (Å²) < 4.78 is 0. The summed E-state index contributed by atoms with van der Waals surface area (Å²) in [6, 6.07) is 9.44. The zero-order valence-electron chi connectivity index (χ0n) is 12.5. The van der Waals surface area contributed by atoms with Gasteiger partial charge in [0.05, 0.1) is 0 Å². The van der Waals surface area contributed by atoms with E-state index in [0.29, 0.717) is 6.04 Å². The maximum absolute atomic E-state index is 3.53. The van der Waals surface area contributed by atoms with Gasteiger partial charge in [-0.15, -0.1) is 0 Å². The molecule has 0 unspecified atom stereocenters. The minimum absolute atomic E-state index is 0.547. The molecular weight excluding hydrogens is 232 g/mol. The first-order valence-corrected chi connectivity index (χ1v) is 7.78. The number of hydrogen-bond acceptors (Lipinski definition) is 2. The molecule has 0 atom stereocenters. The van der Waals surface area contributed by atoms with Gasteiger partial charge >= 0.3 is 0 Å². The van der Waals surface area contributed by atoms with Gasteiger partial charge in [-0.2, -0.15) is 0 Å². The number of nitrogens with one attached hydrogen (secondary N) is 1. The van der Waals surface area contributed by atoms with Crippen molar-refractivity contribution < 1.29 is 0 Å². The van der Waals surface area contributed by atoms with Gasteiger partial charge in [-0.05, 0) is 37.1 Å². The number of rotatable bonds is 5.